The topological polar surface area (TPSA) is 49.3 Å². The smallest absolute Gasteiger partial charge is 0.224 e. The van der Waals surface area contributed by atoms with Crippen molar-refractivity contribution in [2.75, 3.05) is 0 Å². The van der Waals surface area contributed by atoms with Gasteiger partial charge in [0.1, 0.15) is 5.75 Å². The number of hydrogen-bond donors (Lipinski definition) is 2. The van der Waals surface area contributed by atoms with Gasteiger partial charge in [0, 0.05) is 11.6 Å². The summed E-state index contributed by atoms with van der Waals surface area (Å²) in [5.74, 6) is 1.02. The minimum atomic E-state index is 0.00370. The number of rotatable bonds is 6. The third kappa shape index (κ3) is 3.76. The zero-order valence-electron chi connectivity index (χ0n) is 10.9. The predicted octanol–water partition coefficient (Wildman–Crippen LogP) is 2.63. The van der Waals surface area contributed by atoms with Gasteiger partial charge >= 0.3 is 0 Å². The van der Waals surface area contributed by atoms with Gasteiger partial charge in [-0.15, -0.1) is 0 Å². The molecule has 0 spiro atoms. The first-order valence-corrected chi connectivity index (χ1v) is 6.75. The lowest BCUT2D eigenvalue weighted by Gasteiger charge is -2.16. The van der Waals surface area contributed by atoms with Crippen LogP contribution < -0.4 is 5.32 Å². The fraction of sp³-hybridized carbons (Fsp3) is 0.533. The molecule has 1 amide bonds. The molecule has 1 aromatic carbocycles. The number of phenolic OH excluding ortho intramolecular Hbond substituents is 1. The van der Waals surface area contributed by atoms with Crippen LogP contribution in [0.5, 0.6) is 5.75 Å². The molecule has 18 heavy (non-hydrogen) atoms. The number of benzene rings is 1. The van der Waals surface area contributed by atoms with Crippen LogP contribution in [-0.2, 0) is 11.2 Å². The van der Waals surface area contributed by atoms with Crippen LogP contribution in [0.25, 0.3) is 0 Å². The van der Waals surface area contributed by atoms with Crippen molar-refractivity contribution in [2.45, 2.75) is 45.1 Å². The Morgan fingerprint density at radius 2 is 2.17 bits per heavy atom. The number of phenols is 1. The highest BCUT2D eigenvalue weighted by atomic mass is 16.3. The summed E-state index contributed by atoms with van der Waals surface area (Å²) >= 11 is 0. The van der Waals surface area contributed by atoms with Gasteiger partial charge in [-0.1, -0.05) is 38.0 Å². The first-order chi connectivity index (χ1) is 8.69. The molecule has 98 valence electrons. The highest BCUT2D eigenvalue weighted by molar-refractivity contribution is 5.79. The van der Waals surface area contributed by atoms with E-state index in [1.54, 1.807) is 18.2 Å². The van der Waals surface area contributed by atoms with E-state index in [1.165, 1.54) is 12.8 Å². The molecule has 0 aromatic heterocycles. The third-order valence-corrected chi connectivity index (χ3v) is 3.52. The molecule has 0 radical (unpaired) electrons. The van der Waals surface area contributed by atoms with E-state index in [-0.39, 0.29) is 24.1 Å². The molecule has 0 bridgehead atoms. The fourth-order valence-corrected chi connectivity index (χ4v) is 2.20. The SMILES string of the molecule is CCC(CC1CC1)NC(=O)Cc1ccccc1O. The lowest BCUT2D eigenvalue weighted by molar-refractivity contribution is -0.121. The molecule has 1 aromatic rings. The second-order valence-electron chi connectivity index (χ2n) is 5.16. The molecule has 1 aliphatic rings. The molecule has 1 aliphatic carbocycles. The Kier molecular flexibility index (Phi) is 4.24. The largest absolute Gasteiger partial charge is 0.508 e. The molecule has 0 saturated heterocycles. The monoisotopic (exact) mass is 247 g/mol. The van der Waals surface area contributed by atoms with Crippen LogP contribution in [0, 0.1) is 5.92 Å². The average Bonchev–Trinajstić information content (AvgIpc) is 3.15. The Labute approximate surface area is 108 Å². The number of carbonyl (C=O) groups is 1. The van der Waals surface area contributed by atoms with Crippen molar-refractivity contribution in [1.29, 1.82) is 0 Å². The number of hydrogen-bond acceptors (Lipinski definition) is 2. The molecule has 2 rings (SSSR count). The minimum Gasteiger partial charge on any atom is -0.508 e. The number of nitrogens with one attached hydrogen (secondary N) is 1. The van der Waals surface area contributed by atoms with Crippen LogP contribution in [0.2, 0.25) is 0 Å². The van der Waals surface area contributed by atoms with E-state index in [2.05, 4.69) is 12.2 Å². The first kappa shape index (κ1) is 12.9. The molecular weight excluding hydrogens is 226 g/mol. The summed E-state index contributed by atoms with van der Waals surface area (Å²) in [5, 5.41) is 12.7. The van der Waals surface area contributed by atoms with Crippen LogP contribution in [0.3, 0.4) is 0 Å². The van der Waals surface area contributed by atoms with Crippen molar-refractivity contribution in [1.82, 2.24) is 5.32 Å². The Bertz CT molecular complexity index is 413. The van der Waals surface area contributed by atoms with Crippen molar-refractivity contribution in [3.63, 3.8) is 0 Å². The standard InChI is InChI=1S/C15H21NO2/c1-2-13(9-11-7-8-11)16-15(18)10-12-5-3-4-6-14(12)17/h3-6,11,13,17H,2,7-10H2,1H3,(H,16,18). The van der Waals surface area contributed by atoms with Gasteiger partial charge in [-0.25, -0.2) is 0 Å². The van der Waals surface area contributed by atoms with Crippen LogP contribution in [-0.4, -0.2) is 17.1 Å². The summed E-state index contributed by atoms with van der Waals surface area (Å²) in [6.45, 7) is 2.10. The molecule has 3 heteroatoms. The molecule has 3 nitrogen and oxygen atoms in total. The van der Waals surface area contributed by atoms with Gasteiger partial charge in [-0.3, -0.25) is 4.79 Å². The summed E-state index contributed by atoms with van der Waals surface area (Å²) in [6.07, 6.45) is 4.96. The zero-order chi connectivity index (χ0) is 13.0. The molecule has 0 aliphatic heterocycles. The normalized spacial score (nSPS) is 16.3. The second kappa shape index (κ2) is 5.89. The van der Waals surface area contributed by atoms with Crippen LogP contribution in [0.1, 0.15) is 38.2 Å². The van der Waals surface area contributed by atoms with Gasteiger partial charge in [-0.05, 0) is 24.8 Å². The Morgan fingerprint density at radius 3 is 2.78 bits per heavy atom. The quantitative estimate of drug-likeness (QED) is 0.812. The maximum Gasteiger partial charge on any atom is 0.224 e. The van der Waals surface area contributed by atoms with E-state index in [4.69, 9.17) is 0 Å². The predicted molar refractivity (Wildman–Crippen MR) is 71.4 cm³/mol. The summed E-state index contributed by atoms with van der Waals surface area (Å²) in [4.78, 5) is 11.9. The van der Waals surface area contributed by atoms with Gasteiger partial charge in [0.25, 0.3) is 0 Å². The highest BCUT2D eigenvalue weighted by Crippen LogP contribution is 2.34. The highest BCUT2D eigenvalue weighted by Gasteiger charge is 2.25. The van der Waals surface area contributed by atoms with Gasteiger partial charge in [0.2, 0.25) is 5.91 Å². The van der Waals surface area contributed by atoms with E-state index < -0.39 is 0 Å². The van der Waals surface area contributed by atoms with Crippen molar-refractivity contribution in [3.05, 3.63) is 29.8 Å². The average molecular weight is 247 g/mol. The van der Waals surface area contributed by atoms with E-state index in [0.717, 1.165) is 18.8 Å². The maximum atomic E-state index is 11.9. The molecule has 0 heterocycles. The molecule has 1 unspecified atom stereocenters. The Balaban J connectivity index is 1.85. The molecule has 1 fully saturated rings. The van der Waals surface area contributed by atoms with Gasteiger partial charge in [-0.2, -0.15) is 0 Å². The van der Waals surface area contributed by atoms with Gasteiger partial charge in [0.15, 0.2) is 0 Å². The lowest BCUT2D eigenvalue weighted by atomic mass is 10.1. The van der Waals surface area contributed by atoms with E-state index in [0.29, 0.717) is 5.56 Å². The molecule has 1 atom stereocenters. The number of amides is 1. The second-order valence-corrected chi connectivity index (χ2v) is 5.16. The first-order valence-electron chi connectivity index (χ1n) is 6.75. The number of para-hydroxylation sites is 1. The zero-order valence-corrected chi connectivity index (χ0v) is 10.9. The third-order valence-electron chi connectivity index (χ3n) is 3.52. The van der Waals surface area contributed by atoms with Crippen molar-refractivity contribution < 1.29 is 9.90 Å². The van der Waals surface area contributed by atoms with E-state index >= 15 is 0 Å². The van der Waals surface area contributed by atoms with E-state index in [9.17, 15) is 9.90 Å². The fourth-order valence-electron chi connectivity index (χ4n) is 2.20. The number of aromatic hydroxyl groups is 1. The van der Waals surface area contributed by atoms with E-state index in [1.807, 2.05) is 6.07 Å². The molecule has 2 N–H and O–H groups in total. The number of carbonyl (C=O) groups excluding carboxylic acids is 1. The van der Waals surface area contributed by atoms with Gasteiger partial charge in [0.05, 0.1) is 6.42 Å². The summed E-state index contributed by atoms with van der Waals surface area (Å²) in [7, 11) is 0. The van der Waals surface area contributed by atoms with Gasteiger partial charge < -0.3 is 10.4 Å². The van der Waals surface area contributed by atoms with Crippen molar-refractivity contribution in [3.8, 4) is 5.75 Å². The Hall–Kier alpha value is -1.51. The molecule has 1 saturated carbocycles. The maximum absolute atomic E-state index is 11.9. The van der Waals surface area contributed by atoms with Crippen LogP contribution in [0.4, 0.5) is 0 Å². The molecular formula is C15H21NO2. The summed E-state index contributed by atoms with van der Waals surface area (Å²) in [6, 6.07) is 7.29. The van der Waals surface area contributed by atoms with Crippen LogP contribution >= 0.6 is 0 Å². The minimum absolute atomic E-state index is 0.00370. The lowest BCUT2D eigenvalue weighted by Crippen LogP contribution is -2.35. The summed E-state index contributed by atoms with van der Waals surface area (Å²) < 4.78 is 0. The Morgan fingerprint density at radius 1 is 1.44 bits per heavy atom. The van der Waals surface area contributed by atoms with Crippen LogP contribution in [0.15, 0.2) is 24.3 Å². The van der Waals surface area contributed by atoms with Crippen molar-refractivity contribution >= 4 is 5.91 Å². The summed E-state index contributed by atoms with van der Waals surface area (Å²) in [5.41, 5.74) is 0.691. The van der Waals surface area contributed by atoms with Crippen molar-refractivity contribution in [2.24, 2.45) is 5.92 Å².